The molecule has 2 aromatic rings. The van der Waals surface area contributed by atoms with Crippen molar-refractivity contribution in [1.29, 1.82) is 0 Å². The van der Waals surface area contributed by atoms with Crippen molar-refractivity contribution >= 4 is 27.6 Å². The summed E-state index contributed by atoms with van der Waals surface area (Å²) in [6.07, 6.45) is 2.31. The second-order valence-electron chi connectivity index (χ2n) is 6.97. The number of carbonyl (C=O) groups is 2. The van der Waals surface area contributed by atoms with Gasteiger partial charge in [0.2, 0.25) is 10.0 Å². The number of sulfonamides is 1. The molecule has 31 heavy (non-hydrogen) atoms. The molecule has 0 atom stereocenters. The predicted molar refractivity (Wildman–Crippen MR) is 111 cm³/mol. The van der Waals surface area contributed by atoms with Crippen molar-refractivity contribution in [2.75, 3.05) is 32.1 Å². The summed E-state index contributed by atoms with van der Waals surface area (Å²) in [6, 6.07) is 9.60. The van der Waals surface area contributed by atoms with Crippen LogP contribution in [0.3, 0.4) is 0 Å². The van der Waals surface area contributed by atoms with Crippen LogP contribution in [0.2, 0.25) is 0 Å². The van der Waals surface area contributed by atoms with Gasteiger partial charge >= 0.3 is 5.97 Å². The second kappa shape index (κ2) is 9.88. The number of piperidine rings is 1. The lowest BCUT2D eigenvalue weighted by Gasteiger charge is -2.26. The Labute approximate surface area is 180 Å². The van der Waals surface area contributed by atoms with E-state index < -0.39 is 39.2 Å². The highest BCUT2D eigenvalue weighted by atomic mass is 32.2. The first kappa shape index (κ1) is 22.7. The van der Waals surface area contributed by atoms with Crippen LogP contribution in [0.1, 0.15) is 29.6 Å². The Kier molecular flexibility index (Phi) is 7.24. The number of methoxy groups -OCH3 is 1. The van der Waals surface area contributed by atoms with Crippen molar-refractivity contribution in [2.45, 2.75) is 24.2 Å². The molecule has 1 aliphatic heterocycles. The molecule has 8 nitrogen and oxygen atoms in total. The molecule has 3 rings (SSSR count). The summed E-state index contributed by atoms with van der Waals surface area (Å²) in [5, 5.41) is 2.55. The van der Waals surface area contributed by atoms with E-state index in [0.29, 0.717) is 37.4 Å². The van der Waals surface area contributed by atoms with Gasteiger partial charge < -0.3 is 14.8 Å². The topological polar surface area (TPSA) is 102 Å². The van der Waals surface area contributed by atoms with Crippen LogP contribution >= 0.6 is 0 Å². The lowest BCUT2D eigenvalue weighted by Crippen LogP contribution is -2.36. The van der Waals surface area contributed by atoms with Crippen molar-refractivity contribution in [3.05, 3.63) is 53.8 Å². The van der Waals surface area contributed by atoms with Crippen LogP contribution in [0.25, 0.3) is 0 Å². The molecular formula is C21H23FN2O6S. The smallest absolute Gasteiger partial charge is 0.338 e. The van der Waals surface area contributed by atoms with Crippen molar-refractivity contribution in [1.82, 2.24) is 4.31 Å². The average molecular weight is 450 g/mol. The molecule has 166 valence electrons. The van der Waals surface area contributed by atoms with Crippen LogP contribution in [-0.4, -0.2) is 51.4 Å². The Morgan fingerprint density at radius 3 is 2.55 bits per heavy atom. The molecule has 0 aromatic heterocycles. The Morgan fingerprint density at radius 1 is 1.10 bits per heavy atom. The molecule has 1 saturated heterocycles. The van der Waals surface area contributed by atoms with E-state index in [-0.39, 0.29) is 5.56 Å². The van der Waals surface area contributed by atoms with Gasteiger partial charge in [0.05, 0.1) is 12.7 Å². The van der Waals surface area contributed by atoms with Crippen molar-refractivity contribution in [2.24, 2.45) is 0 Å². The van der Waals surface area contributed by atoms with Gasteiger partial charge in [-0.25, -0.2) is 17.6 Å². The van der Waals surface area contributed by atoms with Gasteiger partial charge in [-0.1, -0.05) is 12.5 Å². The molecular weight excluding hydrogens is 427 g/mol. The molecule has 0 unspecified atom stereocenters. The average Bonchev–Trinajstić information content (AvgIpc) is 2.78. The number of nitrogens with zero attached hydrogens (tertiary/aromatic N) is 1. The van der Waals surface area contributed by atoms with E-state index in [1.807, 2.05) is 0 Å². The van der Waals surface area contributed by atoms with Crippen molar-refractivity contribution < 1.29 is 31.9 Å². The maximum absolute atomic E-state index is 14.3. The van der Waals surface area contributed by atoms with Crippen LogP contribution in [0.5, 0.6) is 5.75 Å². The molecule has 10 heteroatoms. The Hall–Kier alpha value is -2.98. The predicted octanol–water partition coefficient (Wildman–Crippen LogP) is 2.80. The number of amides is 1. The van der Waals surface area contributed by atoms with Gasteiger partial charge in [-0.15, -0.1) is 0 Å². The van der Waals surface area contributed by atoms with Crippen LogP contribution in [0.15, 0.2) is 47.4 Å². The fourth-order valence-electron chi connectivity index (χ4n) is 3.18. The SMILES string of the molecule is COc1cccc(NC(=O)COC(=O)c2ccc(F)c(S(=O)(=O)N3CCCCC3)c2)c1. The molecule has 0 bridgehead atoms. The summed E-state index contributed by atoms with van der Waals surface area (Å²) in [6.45, 7) is 0.0173. The first-order valence-corrected chi connectivity index (χ1v) is 11.2. The second-order valence-corrected chi connectivity index (χ2v) is 8.87. The maximum atomic E-state index is 14.3. The molecule has 1 fully saturated rings. The summed E-state index contributed by atoms with van der Waals surface area (Å²) in [5.41, 5.74) is 0.295. The largest absolute Gasteiger partial charge is 0.497 e. The maximum Gasteiger partial charge on any atom is 0.338 e. The van der Waals surface area contributed by atoms with Crippen molar-refractivity contribution in [3.63, 3.8) is 0 Å². The zero-order valence-electron chi connectivity index (χ0n) is 17.0. The van der Waals surface area contributed by atoms with E-state index in [4.69, 9.17) is 9.47 Å². The zero-order chi connectivity index (χ0) is 22.4. The molecule has 1 heterocycles. The summed E-state index contributed by atoms with van der Waals surface area (Å²) >= 11 is 0. The van der Waals surface area contributed by atoms with E-state index in [9.17, 15) is 22.4 Å². The fourth-order valence-corrected chi connectivity index (χ4v) is 4.79. The highest BCUT2D eigenvalue weighted by Crippen LogP contribution is 2.24. The Balaban J connectivity index is 1.66. The number of anilines is 1. The number of hydrogen-bond acceptors (Lipinski definition) is 6. The number of hydrogen-bond donors (Lipinski definition) is 1. The van der Waals surface area contributed by atoms with Crippen LogP contribution in [0, 0.1) is 5.82 Å². The normalized spacial score (nSPS) is 14.6. The van der Waals surface area contributed by atoms with Gasteiger partial charge in [0, 0.05) is 24.8 Å². The molecule has 0 saturated carbocycles. The summed E-state index contributed by atoms with van der Waals surface area (Å²) in [7, 11) is -2.58. The van der Waals surface area contributed by atoms with Gasteiger partial charge in [-0.2, -0.15) is 4.31 Å². The fraction of sp³-hybridized carbons (Fsp3) is 0.333. The quantitative estimate of drug-likeness (QED) is 0.651. The molecule has 0 spiro atoms. The molecule has 0 aliphatic carbocycles. The standard InChI is InChI=1S/C21H23FN2O6S/c1-29-17-7-5-6-16(13-17)23-20(25)14-30-21(26)15-8-9-18(22)19(12-15)31(27,28)24-10-3-2-4-11-24/h5-9,12-13H,2-4,10-11,14H2,1H3,(H,23,25). The van der Waals surface area contributed by atoms with Crippen molar-refractivity contribution in [3.8, 4) is 5.75 Å². The molecule has 1 amide bonds. The Morgan fingerprint density at radius 2 is 1.84 bits per heavy atom. The van der Waals surface area contributed by atoms with Gasteiger partial charge in [-0.05, 0) is 43.2 Å². The molecule has 1 aliphatic rings. The lowest BCUT2D eigenvalue weighted by molar-refractivity contribution is -0.119. The number of halogens is 1. The number of benzene rings is 2. The van der Waals surface area contributed by atoms with Crippen LogP contribution in [0.4, 0.5) is 10.1 Å². The molecule has 2 aromatic carbocycles. The van der Waals surface area contributed by atoms with E-state index >= 15 is 0 Å². The van der Waals surface area contributed by atoms with E-state index in [1.54, 1.807) is 24.3 Å². The molecule has 0 radical (unpaired) electrons. The van der Waals surface area contributed by atoms with E-state index in [0.717, 1.165) is 24.6 Å². The first-order valence-electron chi connectivity index (χ1n) is 9.72. The zero-order valence-corrected chi connectivity index (χ0v) is 17.8. The van der Waals surface area contributed by atoms with Crippen LogP contribution in [-0.2, 0) is 19.6 Å². The first-order chi connectivity index (χ1) is 14.8. The highest BCUT2D eigenvalue weighted by molar-refractivity contribution is 7.89. The minimum absolute atomic E-state index is 0.161. The minimum atomic E-state index is -4.07. The number of ether oxygens (including phenoxy) is 2. The van der Waals surface area contributed by atoms with Gasteiger partial charge in [0.25, 0.3) is 5.91 Å². The van der Waals surface area contributed by atoms with E-state index in [1.165, 1.54) is 11.4 Å². The third-order valence-electron chi connectivity index (χ3n) is 4.79. The van der Waals surface area contributed by atoms with Gasteiger partial charge in [0.15, 0.2) is 6.61 Å². The Bertz CT molecular complexity index is 1070. The number of esters is 1. The number of carbonyl (C=O) groups excluding carboxylic acids is 2. The monoisotopic (exact) mass is 450 g/mol. The highest BCUT2D eigenvalue weighted by Gasteiger charge is 2.29. The van der Waals surface area contributed by atoms with Crippen LogP contribution < -0.4 is 10.1 Å². The minimum Gasteiger partial charge on any atom is -0.497 e. The molecule has 1 N–H and O–H groups in total. The summed E-state index contributed by atoms with van der Waals surface area (Å²) in [4.78, 5) is 23.8. The van der Waals surface area contributed by atoms with Gasteiger partial charge in [-0.3, -0.25) is 4.79 Å². The third-order valence-corrected chi connectivity index (χ3v) is 6.70. The lowest BCUT2D eigenvalue weighted by atomic mass is 10.2. The van der Waals surface area contributed by atoms with E-state index in [2.05, 4.69) is 5.32 Å². The number of rotatable bonds is 7. The third kappa shape index (κ3) is 5.59. The van der Waals surface area contributed by atoms with Gasteiger partial charge in [0.1, 0.15) is 16.5 Å². The number of nitrogens with one attached hydrogen (secondary N) is 1. The summed E-state index contributed by atoms with van der Waals surface area (Å²) < 4.78 is 51.0. The summed E-state index contributed by atoms with van der Waals surface area (Å²) in [5.74, 6) is -1.93.